The van der Waals surface area contributed by atoms with Crippen LogP contribution in [0.3, 0.4) is 0 Å². The number of fused-ring (bicyclic) bond motifs is 1. The number of aromatic nitrogens is 2. The molecule has 0 saturated heterocycles. The first-order valence-corrected chi connectivity index (χ1v) is 11.5. The van der Waals surface area contributed by atoms with Crippen molar-refractivity contribution in [3.8, 4) is 23.2 Å². The fourth-order valence-corrected chi connectivity index (χ4v) is 4.72. The SMILES string of the molecule is N#CCOc1c(Br)cc(C=Nn2c(-c3cccc(C(F)(F)F)c3)nc3ccccc3c2=O)cc1Br. The van der Waals surface area contributed by atoms with E-state index in [4.69, 9.17) is 10.00 Å². The van der Waals surface area contributed by atoms with Gasteiger partial charge in [0, 0.05) is 5.56 Å². The Bertz CT molecular complexity index is 1540. The van der Waals surface area contributed by atoms with Crippen molar-refractivity contribution in [1.82, 2.24) is 9.66 Å². The Labute approximate surface area is 213 Å². The third-order valence-corrected chi connectivity index (χ3v) is 6.00. The standard InChI is InChI=1S/C24H13Br2F3N4O2/c25-18-10-14(11-19(26)21(18)35-9-8-30)13-31-33-22(15-4-3-5-16(12-15)24(27,28)29)32-20-7-2-1-6-17(20)23(33)34/h1-7,10-13H,9H2. The van der Waals surface area contributed by atoms with Crippen molar-refractivity contribution >= 4 is 49.0 Å². The number of nitrogens with zero attached hydrogens (tertiary/aromatic N) is 4. The molecule has 0 N–H and O–H groups in total. The van der Waals surface area contributed by atoms with Gasteiger partial charge in [0.1, 0.15) is 11.8 Å². The fraction of sp³-hybridized carbons (Fsp3) is 0.0833. The summed E-state index contributed by atoms with van der Waals surface area (Å²) in [7, 11) is 0. The predicted octanol–water partition coefficient (Wildman–Crippen LogP) is 6.39. The summed E-state index contributed by atoms with van der Waals surface area (Å²) < 4.78 is 47.3. The van der Waals surface area contributed by atoms with Gasteiger partial charge in [0.25, 0.3) is 5.56 Å². The van der Waals surface area contributed by atoms with Crippen molar-refractivity contribution in [2.75, 3.05) is 6.61 Å². The van der Waals surface area contributed by atoms with Gasteiger partial charge in [-0.25, -0.2) is 4.98 Å². The Hall–Kier alpha value is -3.49. The number of para-hydroxylation sites is 1. The van der Waals surface area contributed by atoms with Gasteiger partial charge >= 0.3 is 6.18 Å². The molecule has 0 fully saturated rings. The van der Waals surface area contributed by atoms with Gasteiger partial charge < -0.3 is 4.74 Å². The van der Waals surface area contributed by atoms with E-state index in [2.05, 4.69) is 41.9 Å². The molecule has 1 aromatic heterocycles. The van der Waals surface area contributed by atoms with Gasteiger partial charge in [0.15, 0.2) is 12.4 Å². The molecule has 35 heavy (non-hydrogen) atoms. The number of ether oxygens (including phenoxy) is 1. The topological polar surface area (TPSA) is 80.3 Å². The number of hydrogen-bond donors (Lipinski definition) is 0. The molecule has 0 aliphatic heterocycles. The van der Waals surface area contributed by atoms with Crippen LogP contribution in [0.2, 0.25) is 0 Å². The molecule has 3 aromatic carbocycles. The van der Waals surface area contributed by atoms with E-state index in [1.165, 1.54) is 18.3 Å². The van der Waals surface area contributed by atoms with E-state index in [0.717, 1.165) is 16.8 Å². The third kappa shape index (κ3) is 5.28. The summed E-state index contributed by atoms with van der Waals surface area (Å²) in [5, 5.41) is 13.3. The van der Waals surface area contributed by atoms with Crippen molar-refractivity contribution in [3.05, 3.63) is 91.1 Å². The van der Waals surface area contributed by atoms with E-state index in [1.54, 1.807) is 36.4 Å². The highest BCUT2D eigenvalue weighted by Gasteiger charge is 2.31. The lowest BCUT2D eigenvalue weighted by atomic mass is 10.1. The summed E-state index contributed by atoms with van der Waals surface area (Å²) >= 11 is 6.73. The van der Waals surface area contributed by atoms with Crippen LogP contribution in [0.5, 0.6) is 5.75 Å². The second-order valence-electron chi connectivity index (χ2n) is 7.15. The van der Waals surface area contributed by atoms with Gasteiger partial charge in [-0.3, -0.25) is 4.79 Å². The first-order valence-electron chi connectivity index (χ1n) is 9.91. The van der Waals surface area contributed by atoms with Gasteiger partial charge in [-0.15, -0.1) is 0 Å². The summed E-state index contributed by atoms with van der Waals surface area (Å²) in [5.74, 6) is 0.376. The lowest BCUT2D eigenvalue weighted by Gasteiger charge is -2.12. The maximum Gasteiger partial charge on any atom is 0.416 e. The molecular formula is C24H13Br2F3N4O2. The molecule has 0 aliphatic carbocycles. The molecule has 0 aliphatic rings. The number of rotatable bonds is 5. The molecule has 11 heteroatoms. The number of nitriles is 1. The Morgan fingerprint density at radius 2 is 1.80 bits per heavy atom. The molecule has 4 aromatic rings. The molecule has 176 valence electrons. The fourth-order valence-electron chi connectivity index (χ4n) is 3.27. The van der Waals surface area contributed by atoms with Gasteiger partial charge in [-0.1, -0.05) is 24.3 Å². The largest absolute Gasteiger partial charge is 0.476 e. The minimum Gasteiger partial charge on any atom is -0.476 e. The molecule has 0 amide bonds. The van der Waals surface area contributed by atoms with Crippen molar-refractivity contribution < 1.29 is 17.9 Å². The van der Waals surface area contributed by atoms with Gasteiger partial charge in [-0.2, -0.15) is 28.2 Å². The minimum atomic E-state index is -4.56. The van der Waals surface area contributed by atoms with Gasteiger partial charge in [0.05, 0.1) is 31.6 Å². The number of halogens is 5. The summed E-state index contributed by atoms with van der Waals surface area (Å²) in [6, 6.07) is 16.3. The molecule has 0 radical (unpaired) electrons. The van der Waals surface area contributed by atoms with E-state index < -0.39 is 17.3 Å². The van der Waals surface area contributed by atoms with Crippen LogP contribution in [0, 0.1) is 11.3 Å². The average molecular weight is 606 g/mol. The predicted molar refractivity (Wildman–Crippen MR) is 132 cm³/mol. The van der Waals surface area contributed by atoms with Crippen LogP contribution in [0.1, 0.15) is 11.1 Å². The Kier molecular flexibility index (Phi) is 7.05. The molecule has 4 rings (SSSR count). The Morgan fingerprint density at radius 1 is 1.09 bits per heavy atom. The minimum absolute atomic E-state index is 0.0387. The van der Waals surface area contributed by atoms with E-state index >= 15 is 0 Å². The Balaban J connectivity index is 1.87. The second kappa shape index (κ2) is 10.0. The van der Waals surface area contributed by atoms with Gasteiger partial charge in [0.2, 0.25) is 0 Å². The van der Waals surface area contributed by atoms with Crippen LogP contribution in [0.15, 0.2) is 79.5 Å². The average Bonchev–Trinajstić information content (AvgIpc) is 2.82. The monoisotopic (exact) mass is 604 g/mol. The van der Waals surface area contributed by atoms with Crippen LogP contribution in [-0.4, -0.2) is 22.5 Å². The van der Waals surface area contributed by atoms with E-state index in [-0.39, 0.29) is 23.4 Å². The van der Waals surface area contributed by atoms with Crippen molar-refractivity contribution in [2.45, 2.75) is 6.18 Å². The Morgan fingerprint density at radius 3 is 2.49 bits per heavy atom. The van der Waals surface area contributed by atoms with Crippen LogP contribution < -0.4 is 10.3 Å². The molecule has 0 spiro atoms. The van der Waals surface area contributed by atoms with Crippen LogP contribution in [0.4, 0.5) is 13.2 Å². The smallest absolute Gasteiger partial charge is 0.416 e. The maximum atomic E-state index is 13.3. The third-order valence-electron chi connectivity index (χ3n) is 4.83. The van der Waals surface area contributed by atoms with Crippen LogP contribution >= 0.6 is 31.9 Å². The zero-order valence-corrected chi connectivity index (χ0v) is 20.7. The van der Waals surface area contributed by atoms with E-state index in [0.29, 0.717) is 25.8 Å². The zero-order valence-electron chi connectivity index (χ0n) is 17.6. The molecule has 0 saturated carbocycles. The molecule has 0 atom stereocenters. The molecule has 0 unspecified atom stereocenters. The van der Waals surface area contributed by atoms with E-state index in [1.807, 2.05) is 6.07 Å². The number of benzene rings is 3. The molecule has 6 nitrogen and oxygen atoms in total. The summed E-state index contributed by atoms with van der Waals surface area (Å²) in [5.41, 5.74) is -0.438. The molecule has 0 bridgehead atoms. The van der Waals surface area contributed by atoms with E-state index in [9.17, 15) is 18.0 Å². The van der Waals surface area contributed by atoms with Crippen LogP contribution in [0.25, 0.3) is 22.3 Å². The number of hydrogen-bond acceptors (Lipinski definition) is 5. The lowest BCUT2D eigenvalue weighted by molar-refractivity contribution is -0.137. The highest BCUT2D eigenvalue weighted by atomic mass is 79.9. The van der Waals surface area contributed by atoms with Crippen molar-refractivity contribution in [2.24, 2.45) is 5.10 Å². The normalized spacial score (nSPS) is 11.7. The van der Waals surface area contributed by atoms with Crippen molar-refractivity contribution in [1.29, 1.82) is 5.26 Å². The first kappa shape index (κ1) is 24.6. The summed E-state index contributed by atoms with van der Waals surface area (Å²) in [6.07, 6.45) is -3.19. The highest BCUT2D eigenvalue weighted by Crippen LogP contribution is 2.35. The second-order valence-corrected chi connectivity index (χ2v) is 8.86. The highest BCUT2D eigenvalue weighted by molar-refractivity contribution is 9.11. The lowest BCUT2D eigenvalue weighted by Crippen LogP contribution is -2.20. The van der Waals surface area contributed by atoms with Crippen molar-refractivity contribution in [3.63, 3.8) is 0 Å². The summed E-state index contributed by atoms with van der Waals surface area (Å²) in [6.45, 7) is -0.150. The first-order chi connectivity index (χ1) is 16.7. The van der Waals surface area contributed by atoms with Crippen LogP contribution in [-0.2, 0) is 6.18 Å². The van der Waals surface area contributed by atoms with Gasteiger partial charge in [-0.05, 0) is 73.8 Å². The summed E-state index contributed by atoms with van der Waals surface area (Å²) in [4.78, 5) is 17.7. The zero-order chi connectivity index (χ0) is 25.2. The quantitative estimate of drug-likeness (QED) is 0.247. The number of alkyl halides is 3. The molecule has 1 heterocycles. The molecular weight excluding hydrogens is 593 g/mol. The maximum absolute atomic E-state index is 13.3.